The van der Waals surface area contributed by atoms with Gasteiger partial charge in [-0.05, 0) is 37.1 Å². The zero-order valence-corrected chi connectivity index (χ0v) is 15.7. The Morgan fingerprint density at radius 1 is 1.04 bits per heavy atom. The molecule has 140 valence electrons. The van der Waals surface area contributed by atoms with Gasteiger partial charge in [0.2, 0.25) is 5.82 Å². The summed E-state index contributed by atoms with van der Waals surface area (Å²) in [7, 11) is 0. The molecule has 27 heavy (non-hydrogen) atoms. The Hall–Kier alpha value is -3.15. The first-order valence-corrected chi connectivity index (χ1v) is 9.24. The van der Waals surface area contributed by atoms with Crippen LogP contribution in [-0.2, 0) is 0 Å². The van der Waals surface area contributed by atoms with Crippen LogP contribution < -0.4 is 10.6 Å². The molecule has 6 heteroatoms. The maximum Gasteiger partial charge on any atom is 0.287 e. The molecule has 0 fully saturated rings. The molecule has 2 N–H and O–H groups in total. The first-order chi connectivity index (χ1) is 13.1. The molecule has 0 saturated carbocycles. The summed E-state index contributed by atoms with van der Waals surface area (Å²) in [5.74, 6) is -0.391. The third kappa shape index (κ3) is 4.16. The van der Waals surface area contributed by atoms with Crippen LogP contribution in [0.15, 0.2) is 48.7 Å². The first-order valence-electron chi connectivity index (χ1n) is 9.24. The Kier molecular flexibility index (Phi) is 5.86. The van der Waals surface area contributed by atoms with E-state index in [1.807, 2.05) is 43.3 Å². The predicted molar refractivity (Wildman–Crippen MR) is 106 cm³/mol. The van der Waals surface area contributed by atoms with Gasteiger partial charge in [0.15, 0.2) is 5.69 Å². The number of anilines is 1. The van der Waals surface area contributed by atoms with Crippen LogP contribution >= 0.6 is 0 Å². The molecule has 0 aliphatic heterocycles. The summed E-state index contributed by atoms with van der Waals surface area (Å²) in [6, 6.07) is 13.0. The van der Waals surface area contributed by atoms with Gasteiger partial charge >= 0.3 is 0 Å². The number of rotatable bonds is 7. The Bertz CT molecular complexity index is 962. The van der Waals surface area contributed by atoms with E-state index in [0.29, 0.717) is 12.1 Å². The van der Waals surface area contributed by atoms with Gasteiger partial charge in [-0.15, -0.1) is 0 Å². The number of benzene rings is 1. The molecular formula is C21H24N4O2. The fourth-order valence-corrected chi connectivity index (χ4v) is 2.92. The quantitative estimate of drug-likeness (QED) is 0.626. The Balaban J connectivity index is 1.87. The van der Waals surface area contributed by atoms with Crippen molar-refractivity contribution in [1.82, 2.24) is 14.7 Å². The minimum Gasteiger partial charge on any atom is -0.349 e. The van der Waals surface area contributed by atoms with E-state index in [1.165, 1.54) is 0 Å². The average molecular weight is 364 g/mol. The van der Waals surface area contributed by atoms with Gasteiger partial charge < -0.3 is 10.6 Å². The highest BCUT2D eigenvalue weighted by Gasteiger charge is 2.21. The number of aromatic nitrogens is 2. The lowest BCUT2D eigenvalue weighted by molar-refractivity contribution is 0.0942. The maximum atomic E-state index is 12.8. The largest absolute Gasteiger partial charge is 0.349 e. The Morgan fingerprint density at radius 2 is 1.81 bits per heavy atom. The van der Waals surface area contributed by atoms with Crippen LogP contribution in [0.3, 0.4) is 0 Å². The number of imidazole rings is 1. The van der Waals surface area contributed by atoms with E-state index in [9.17, 15) is 9.59 Å². The number of carbonyl (C=O) groups excluding carboxylic acids is 2. The van der Waals surface area contributed by atoms with E-state index in [2.05, 4.69) is 22.5 Å². The van der Waals surface area contributed by atoms with E-state index in [-0.39, 0.29) is 23.3 Å². The number of nitrogens with zero attached hydrogens (tertiary/aromatic N) is 2. The highest BCUT2D eigenvalue weighted by atomic mass is 16.2. The fraction of sp³-hybridized carbons (Fsp3) is 0.286. The molecule has 0 bridgehead atoms. The smallest absolute Gasteiger partial charge is 0.287 e. The molecule has 0 aliphatic carbocycles. The van der Waals surface area contributed by atoms with Crippen LogP contribution in [0.2, 0.25) is 0 Å². The van der Waals surface area contributed by atoms with Gasteiger partial charge in [0.05, 0.1) is 5.52 Å². The van der Waals surface area contributed by atoms with Crippen LogP contribution in [0.25, 0.3) is 5.52 Å². The van der Waals surface area contributed by atoms with Crippen molar-refractivity contribution in [3.8, 4) is 0 Å². The number of aryl methyl sites for hydroxylation is 1. The number of nitrogens with one attached hydrogen (secondary N) is 2. The summed E-state index contributed by atoms with van der Waals surface area (Å²) >= 11 is 0. The van der Waals surface area contributed by atoms with Gasteiger partial charge in [-0.2, -0.15) is 0 Å². The number of para-hydroxylation sites is 1. The van der Waals surface area contributed by atoms with Gasteiger partial charge in [0, 0.05) is 18.4 Å². The number of pyridine rings is 1. The van der Waals surface area contributed by atoms with E-state index in [1.54, 1.807) is 16.7 Å². The topological polar surface area (TPSA) is 75.5 Å². The summed E-state index contributed by atoms with van der Waals surface area (Å²) < 4.78 is 1.65. The standard InChI is InChI=1S/C21H24N4O2/c1-3-4-8-13-22-21(27)19-24-18(17-12-7-9-14-25(17)19)20(26)23-16-11-6-5-10-15(16)2/h5-7,9-12,14H,3-4,8,13H2,1-2H3,(H,22,27)(H,23,26). The number of carbonyl (C=O) groups is 2. The van der Waals surface area contributed by atoms with E-state index < -0.39 is 0 Å². The summed E-state index contributed by atoms with van der Waals surface area (Å²) in [6.45, 7) is 4.64. The van der Waals surface area contributed by atoms with Gasteiger partial charge in [0.1, 0.15) is 0 Å². The van der Waals surface area contributed by atoms with Gasteiger partial charge in [-0.3, -0.25) is 14.0 Å². The molecule has 2 heterocycles. The first kappa shape index (κ1) is 18.6. The van der Waals surface area contributed by atoms with Crippen molar-refractivity contribution in [3.63, 3.8) is 0 Å². The van der Waals surface area contributed by atoms with E-state index >= 15 is 0 Å². The van der Waals surface area contributed by atoms with Crippen molar-refractivity contribution in [2.24, 2.45) is 0 Å². The van der Waals surface area contributed by atoms with Crippen molar-refractivity contribution in [2.75, 3.05) is 11.9 Å². The molecule has 0 atom stereocenters. The normalized spacial score (nSPS) is 10.7. The number of unbranched alkanes of at least 4 members (excludes halogenated alkanes) is 2. The number of amides is 2. The second kappa shape index (κ2) is 8.49. The van der Waals surface area contributed by atoms with Crippen LogP contribution in [0, 0.1) is 6.92 Å². The zero-order chi connectivity index (χ0) is 19.2. The molecule has 0 spiro atoms. The summed E-state index contributed by atoms with van der Waals surface area (Å²) in [5.41, 5.74) is 2.52. The maximum absolute atomic E-state index is 12.8. The molecule has 2 aromatic heterocycles. The lowest BCUT2D eigenvalue weighted by atomic mass is 10.2. The summed E-state index contributed by atoms with van der Waals surface area (Å²) in [6.07, 6.45) is 4.82. The second-order valence-corrected chi connectivity index (χ2v) is 6.47. The molecule has 2 amide bonds. The van der Waals surface area contributed by atoms with Crippen molar-refractivity contribution in [1.29, 1.82) is 0 Å². The molecule has 0 unspecified atom stereocenters. The molecule has 3 aromatic rings. The van der Waals surface area contributed by atoms with Crippen molar-refractivity contribution < 1.29 is 9.59 Å². The van der Waals surface area contributed by atoms with Crippen molar-refractivity contribution >= 4 is 23.0 Å². The highest BCUT2D eigenvalue weighted by molar-refractivity contribution is 6.09. The minimum atomic E-state index is -0.335. The zero-order valence-electron chi connectivity index (χ0n) is 15.7. The molecule has 0 aliphatic rings. The molecular weight excluding hydrogens is 340 g/mol. The number of hydrogen-bond acceptors (Lipinski definition) is 3. The monoisotopic (exact) mass is 364 g/mol. The molecule has 3 rings (SSSR count). The molecule has 6 nitrogen and oxygen atoms in total. The third-order valence-electron chi connectivity index (χ3n) is 4.43. The summed E-state index contributed by atoms with van der Waals surface area (Å²) in [5, 5.41) is 5.77. The average Bonchev–Trinajstić information content (AvgIpc) is 3.07. The van der Waals surface area contributed by atoms with Crippen LogP contribution in [0.1, 0.15) is 52.9 Å². The van der Waals surface area contributed by atoms with Crippen molar-refractivity contribution in [2.45, 2.75) is 33.1 Å². The summed E-state index contributed by atoms with van der Waals surface area (Å²) in [4.78, 5) is 29.7. The molecule has 0 saturated heterocycles. The van der Waals surface area contributed by atoms with Crippen molar-refractivity contribution in [3.05, 3.63) is 65.7 Å². The van der Waals surface area contributed by atoms with Gasteiger partial charge in [-0.25, -0.2) is 4.98 Å². The predicted octanol–water partition coefficient (Wildman–Crippen LogP) is 3.82. The second-order valence-electron chi connectivity index (χ2n) is 6.47. The minimum absolute atomic E-state index is 0.219. The number of fused-ring (bicyclic) bond motifs is 1. The van der Waals surface area contributed by atoms with Crippen LogP contribution in [0.4, 0.5) is 5.69 Å². The molecule has 1 aromatic carbocycles. The fourth-order valence-electron chi connectivity index (χ4n) is 2.92. The third-order valence-corrected chi connectivity index (χ3v) is 4.43. The van der Waals surface area contributed by atoms with Crippen LogP contribution in [0.5, 0.6) is 0 Å². The highest BCUT2D eigenvalue weighted by Crippen LogP contribution is 2.18. The van der Waals surface area contributed by atoms with Gasteiger partial charge in [-0.1, -0.05) is 44.0 Å². The lowest BCUT2D eigenvalue weighted by Crippen LogP contribution is -2.26. The lowest BCUT2D eigenvalue weighted by Gasteiger charge is -2.06. The van der Waals surface area contributed by atoms with Crippen LogP contribution in [-0.4, -0.2) is 27.7 Å². The SMILES string of the molecule is CCCCCNC(=O)c1nc(C(=O)Nc2ccccc2C)c2ccccn12. The number of hydrogen-bond donors (Lipinski definition) is 2. The van der Waals surface area contributed by atoms with Gasteiger partial charge in [0.25, 0.3) is 11.8 Å². The Labute approximate surface area is 158 Å². The molecule has 0 radical (unpaired) electrons. The Morgan fingerprint density at radius 3 is 2.59 bits per heavy atom. The van der Waals surface area contributed by atoms with E-state index in [0.717, 1.165) is 30.5 Å². The van der Waals surface area contributed by atoms with E-state index in [4.69, 9.17) is 0 Å².